The molecular weight excluding hydrogens is 322 g/mol. The third-order valence-electron chi connectivity index (χ3n) is 4.00. The van der Waals surface area contributed by atoms with Crippen molar-refractivity contribution in [1.82, 2.24) is 0 Å². The molecule has 1 atom stereocenters. The Kier molecular flexibility index (Phi) is 5.89. The predicted molar refractivity (Wildman–Crippen MR) is 100 cm³/mol. The van der Waals surface area contributed by atoms with Crippen LogP contribution in [-0.4, -0.2) is 12.0 Å². The average molecular weight is 346 g/mol. The molecule has 0 aliphatic carbocycles. The Hall–Kier alpha value is -2.00. The second kappa shape index (κ2) is 7.71. The highest BCUT2D eigenvalue weighted by atomic mass is 35.5. The molecule has 0 saturated heterocycles. The molecule has 0 heterocycles. The van der Waals surface area contributed by atoms with Crippen molar-refractivity contribution in [1.29, 1.82) is 0 Å². The number of nitrogens with one attached hydrogen (secondary N) is 1. The summed E-state index contributed by atoms with van der Waals surface area (Å²) in [6.45, 7) is 9.89. The molecule has 0 spiro atoms. The Labute approximate surface area is 149 Å². The van der Waals surface area contributed by atoms with Gasteiger partial charge in [-0.3, -0.25) is 4.79 Å². The van der Waals surface area contributed by atoms with Gasteiger partial charge < -0.3 is 10.1 Å². The Morgan fingerprint density at radius 1 is 1.08 bits per heavy atom. The minimum Gasteiger partial charge on any atom is -0.481 e. The van der Waals surface area contributed by atoms with Gasteiger partial charge in [0.2, 0.25) is 0 Å². The fourth-order valence-electron chi connectivity index (χ4n) is 2.76. The summed E-state index contributed by atoms with van der Waals surface area (Å²) in [5.41, 5.74) is 5.08. The lowest BCUT2D eigenvalue weighted by Gasteiger charge is -2.20. The maximum atomic E-state index is 12.6. The highest BCUT2D eigenvalue weighted by Gasteiger charge is 2.20. The number of hydrogen-bond acceptors (Lipinski definition) is 2. The van der Waals surface area contributed by atoms with Gasteiger partial charge in [-0.25, -0.2) is 0 Å². The second-order valence-electron chi connectivity index (χ2n) is 6.19. The van der Waals surface area contributed by atoms with Crippen LogP contribution in [0.3, 0.4) is 0 Å². The van der Waals surface area contributed by atoms with E-state index in [1.165, 1.54) is 5.56 Å². The SMILES string of the molecule is CC[C@@H](Oc1ccc(Cl)c(C)c1)C(=O)Nc1c(C)cc(C)cc1C. The second-order valence-corrected chi connectivity index (χ2v) is 6.60. The highest BCUT2D eigenvalue weighted by molar-refractivity contribution is 6.31. The van der Waals surface area contributed by atoms with Crippen molar-refractivity contribution >= 4 is 23.2 Å². The fourth-order valence-corrected chi connectivity index (χ4v) is 2.88. The molecule has 2 rings (SSSR count). The van der Waals surface area contributed by atoms with Crippen molar-refractivity contribution in [3.05, 3.63) is 57.6 Å². The number of benzene rings is 2. The topological polar surface area (TPSA) is 38.3 Å². The van der Waals surface area contributed by atoms with Gasteiger partial charge in [0.15, 0.2) is 6.10 Å². The summed E-state index contributed by atoms with van der Waals surface area (Å²) >= 11 is 6.03. The number of aryl methyl sites for hydroxylation is 4. The van der Waals surface area contributed by atoms with Gasteiger partial charge in [0, 0.05) is 10.7 Å². The normalized spacial score (nSPS) is 11.9. The van der Waals surface area contributed by atoms with E-state index < -0.39 is 6.10 Å². The first kappa shape index (κ1) is 18.3. The zero-order valence-corrected chi connectivity index (χ0v) is 15.6. The van der Waals surface area contributed by atoms with E-state index in [9.17, 15) is 4.79 Å². The molecule has 0 fully saturated rings. The number of halogens is 1. The molecule has 3 nitrogen and oxygen atoms in total. The summed E-state index contributed by atoms with van der Waals surface area (Å²) in [5, 5.41) is 3.70. The molecule has 0 bridgehead atoms. The number of amides is 1. The molecule has 0 saturated carbocycles. The third-order valence-corrected chi connectivity index (χ3v) is 4.42. The summed E-state index contributed by atoms with van der Waals surface area (Å²) in [6.07, 6.45) is 0.0305. The Balaban J connectivity index is 2.16. The summed E-state index contributed by atoms with van der Waals surface area (Å²) in [4.78, 5) is 12.6. The fraction of sp³-hybridized carbons (Fsp3) is 0.350. The van der Waals surface area contributed by atoms with Crippen LogP contribution in [0, 0.1) is 27.7 Å². The first-order valence-electron chi connectivity index (χ1n) is 8.13. The molecule has 0 aliphatic heterocycles. The Bertz CT molecular complexity index is 732. The number of carbonyl (C=O) groups is 1. The summed E-state index contributed by atoms with van der Waals surface area (Å²) in [5.74, 6) is 0.511. The van der Waals surface area contributed by atoms with E-state index in [1.807, 2.05) is 40.7 Å². The number of ether oxygens (including phenoxy) is 1. The minimum absolute atomic E-state index is 0.139. The molecule has 24 heavy (non-hydrogen) atoms. The minimum atomic E-state index is -0.550. The lowest BCUT2D eigenvalue weighted by Crippen LogP contribution is -2.32. The van der Waals surface area contributed by atoms with E-state index in [-0.39, 0.29) is 5.91 Å². The Morgan fingerprint density at radius 3 is 2.25 bits per heavy atom. The van der Waals surface area contributed by atoms with Crippen LogP contribution in [0.2, 0.25) is 5.02 Å². The molecule has 128 valence electrons. The number of carbonyl (C=O) groups excluding carboxylic acids is 1. The molecule has 0 aliphatic rings. The largest absolute Gasteiger partial charge is 0.481 e. The van der Waals surface area contributed by atoms with Crippen LogP contribution in [0.4, 0.5) is 5.69 Å². The molecule has 0 unspecified atom stereocenters. The molecule has 0 radical (unpaired) electrons. The average Bonchev–Trinajstić information content (AvgIpc) is 2.51. The van der Waals surface area contributed by atoms with Crippen LogP contribution in [0.15, 0.2) is 30.3 Å². The zero-order valence-electron chi connectivity index (χ0n) is 14.9. The zero-order chi connectivity index (χ0) is 17.9. The van der Waals surface area contributed by atoms with Gasteiger partial charge in [-0.1, -0.05) is 36.2 Å². The molecule has 1 N–H and O–H groups in total. The summed E-state index contributed by atoms with van der Waals surface area (Å²) in [7, 11) is 0. The lowest BCUT2D eigenvalue weighted by molar-refractivity contribution is -0.122. The van der Waals surface area contributed by atoms with E-state index in [0.29, 0.717) is 17.2 Å². The van der Waals surface area contributed by atoms with E-state index in [2.05, 4.69) is 17.4 Å². The van der Waals surface area contributed by atoms with Gasteiger partial charge >= 0.3 is 0 Å². The van der Waals surface area contributed by atoms with E-state index >= 15 is 0 Å². The number of anilines is 1. The summed E-state index contributed by atoms with van der Waals surface area (Å²) < 4.78 is 5.87. The van der Waals surface area contributed by atoms with Crippen LogP contribution in [0.5, 0.6) is 5.75 Å². The smallest absolute Gasteiger partial charge is 0.265 e. The van der Waals surface area contributed by atoms with Crippen molar-refractivity contribution in [2.24, 2.45) is 0 Å². The van der Waals surface area contributed by atoms with Gasteiger partial charge in [0.05, 0.1) is 0 Å². The highest BCUT2D eigenvalue weighted by Crippen LogP contribution is 2.25. The predicted octanol–water partition coefficient (Wildman–Crippen LogP) is 5.37. The van der Waals surface area contributed by atoms with Crippen molar-refractivity contribution < 1.29 is 9.53 Å². The van der Waals surface area contributed by atoms with Gasteiger partial charge in [-0.15, -0.1) is 0 Å². The van der Waals surface area contributed by atoms with Crippen LogP contribution in [-0.2, 0) is 4.79 Å². The van der Waals surface area contributed by atoms with Crippen LogP contribution < -0.4 is 10.1 Å². The summed E-state index contributed by atoms with van der Waals surface area (Å²) in [6, 6.07) is 9.54. The monoisotopic (exact) mass is 345 g/mol. The Morgan fingerprint density at radius 2 is 1.71 bits per heavy atom. The van der Waals surface area contributed by atoms with Crippen molar-refractivity contribution in [2.45, 2.75) is 47.1 Å². The first-order valence-corrected chi connectivity index (χ1v) is 8.51. The number of rotatable bonds is 5. The lowest BCUT2D eigenvalue weighted by atomic mass is 10.0. The maximum absolute atomic E-state index is 12.6. The van der Waals surface area contributed by atoms with Gasteiger partial charge in [-0.05, 0) is 69.0 Å². The van der Waals surface area contributed by atoms with Gasteiger partial charge in [0.1, 0.15) is 5.75 Å². The molecule has 4 heteroatoms. The van der Waals surface area contributed by atoms with Crippen molar-refractivity contribution in [3.63, 3.8) is 0 Å². The van der Waals surface area contributed by atoms with Crippen LogP contribution in [0.1, 0.15) is 35.6 Å². The van der Waals surface area contributed by atoms with Crippen LogP contribution >= 0.6 is 11.6 Å². The van der Waals surface area contributed by atoms with E-state index in [0.717, 1.165) is 22.4 Å². The van der Waals surface area contributed by atoms with Crippen molar-refractivity contribution in [3.8, 4) is 5.75 Å². The molecule has 0 aromatic heterocycles. The molecule has 2 aromatic carbocycles. The third kappa shape index (κ3) is 4.30. The van der Waals surface area contributed by atoms with E-state index in [1.54, 1.807) is 12.1 Å². The number of hydrogen-bond donors (Lipinski definition) is 1. The molecular formula is C20H24ClNO2. The molecule has 2 aromatic rings. The standard InChI is InChI=1S/C20H24ClNO2/c1-6-18(24-16-7-8-17(21)13(3)11-16)20(23)22-19-14(4)9-12(2)10-15(19)5/h7-11,18H,6H2,1-5H3,(H,22,23)/t18-/m1/s1. The molecule has 1 amide bonds. The van der Waals surface area contributed by atoms with E-state index in [4.69, 9.17) is 16.3 Å². The quantitative estimate of drug-likeness (QED) is 0.791. The van der Waals surface area contributed by atoms with Crippen LogP contribution in [0.25, 0.3) is 0 Å². The first-order chi connectivity index (χ1) is 11.3. The van der Waals surface area contributed by atoms with Crippen molar-refractivity contribution in [2.75, 3.05) is 5.32 Å². The van der Waals surface area contributed by atoms with Gasteiger partial charge in [-0.2, -0.15) is 0 Å². The van der Waals surface area contributed by atoms with Gasteiger partial charge in [0.25, 0.3) is 5.91 Å². The maximum Gasteiger partial charge on any atom is 0.265 e.